The van der Waals surface area contributed by atoms with Crippen molar-refractivity contribution in [3.05, 3.63) is 54.0 Å². The average molecular weight is 570 g/mol. The van der Waals surface area contributed by atoms with Gasteiger partial charge in [0, 0.05) is 38.4 Å². The van der Waals surface area contributed by atoms with Gasteiger partial charge in [-0.15, -0.1) is 24.0 Å². The molecular weight excluding hydrogens is 538 g/mol. The largest absolute Gasteiger partial charge is 0.486 e. The molecule has 4 N–H and O–H groups in total. The number of anilines is 1. The van der Waals surface area contributed by atoms with Crippen molar-refractivity contribution in [2.45, 2.75) is 32.4 Å². The maximum atomic E-state index is 13.8. The summed E-state index contributed by atoms with van der Waals surface area (Å²) >= 11 is 0. The fourth-order valence-electron chi connectivity index (χ4n) is 3.69. The summed E-state index contributed by atoms with van der Waals surface area (Å²) in [5, 5.41) is 6.48. The number of nitrogens with zero attached hydrogens (tertiary/aromatic N) is 3. The molecule has 180 valence electrons. The molecule has 1 aromatic carbocycles. The van der Waals surface area contributed by atoms with Crippen molar-refractivity contribution in [2.24, 2.45) is 16.6 Å². The van der Waals surface area contributed by atoms with Gasteiger partial charge in [0.05, 0.1) is 12.5 Å². The summed E-state index contributed by atoms with van der Waals surface area (Å²) in [5.41, 5.74) is 6.52. The number of amides is 1. The molecule has 0 bridgehead atoms. The van der Waals surface area contributed by atoms with Crippen molar-refractivity contribution in [3.63, 3.8) is 0 Å². The van der Waals surface area contributed by atoms with Gasteiger partial charge < -0.3 is 26.0 Å². The highest BCUT2D eigenvalue weighted by atomic mass is 127. The van der Waals surface area contributed by atoms with E-state index in [1.807, 2.05) is 19.1 Å². The van der Waals surface area contributed by atoms with Crippen molar-refractivity contribution in [2.75, 3.05) is 31.6 Å². The van der Waals surface area contributed by atoms with Crippen LogP contribution in [0.4, 0.5) is 10.2 Å². The first kappa shape index (κ1) is 26.6. The molecule has 1 aromatic heterocycles. The van der Waals surface area contributed by atoms with Crippen LogP contribution in [0, 0.1) is 11.7 Å². The number of guanidine groups is 1. The molecule has 0 saturated carbocycles. The van der Waals surface area contributed by atoms with Crippen LogP contribution in [0.15, 0.2) is 47.6 Å². The number of piperidine rings is 1. The molecule has 0 aliphatic carbocycles. The number of rotatable bonds is 8. The number of hydrogen-bond acceptors (Lipinski definition) is 5. The van der Waals surface area contributed by atoms with E-state index < -0.39 is 0 Å². The molecular formula is C23H32FIN6O2. The number of carbonyl (C=O) groups excluding carboxylic acids is 1. The van der Waals surface area contributed by atoms with Crippen LogP contribution in [0.5, 0.6) is 5.75 Å². The molecule has 1 aliphatic rings. The fourth-order valence-corrected chi connectivity index (χ4v) is 3.69. The number of aromatic nitrogens is 1. The van der Waals surface area contributed by atoms with E-state index in [9.17, 15) is 9.18 Å². The third-order valence-corrected chi connectivity index (χ3v) is 5.38. The fraction of sp³-hybridized carbons (Fsp3) is 0.435. The summed E-state index contributed by atoms with van der Waals surface area (Å²) in [6, 6.07) is 10.2. The number of para-hydroxylation sites is 1. The zero-order valence-electron chi connectivity index (χ0n) is 19.0. The zero-order chi connectivity index (χ0) is 22.9. The number of halogens is 2. The van der Waals surface area contributed by atoms with Crippen LogP contribution in [-0.2, 0) is 11.3 Å². The number of nitrogens with one attached hydrogen (secondary N) is 2. The van der Waals surface area contributed by atoms with E-state index in [1.54, 1.807) is 31.4 Å². The molecule has 2 atom stereocenters. The molecule has 33 heavy (non-hydrogen) atoms. The number of benzene rings is 1. The van der Waals surface area contributed by atoms with Gasteiger partial charge in [0.25, 0.3) is 0 Å². The van der Waals surface area contributed by atoms with Gasteiger partial charge in [-0.25, -0.2) is 9.37 Å². The number of hydrogen-bond donors (Lipinski definition) is 3. The minimum absolute atomic E-state index is 0. The van der Waals surface area contributed by atoms with Crippen LogP contribution in [0.3, 0.4) is 0 Å². The molecule has 3 rings (SSSR count). The lowest BCUT2D eigenvalue weighted by atomic mass is 9.97. The highest BCUT2D eigenvalue weighted by Gasteiger charge is 2.26. The number of aliphatic imine (C=N–C) groups is 1. The lowest BCUT2D eigenvalue weighted by Crippen LogP contribution is -2.43. The Bertz CT molecular complexity index is 945. The molecule has 8 nitrogen and oxygen atoms in total. The molecule has 2 aromatic rings. The summed E-state index contributed by atoms with van der Waals surface area (Å²) in [6.45, 7) is 4.23. The van der Waals surface area contributed by atoms with E-state index in [4.69, 9.17) is 10.5 Å². The Morgan fingerprint density at radius 1 is 1.33 bits per heavy atom. The summed E-state index contributed by atoms with van der Waals surface area (Å²) in [7, 11) is 1.68. The summed E-state index contributed by atoms with van der Waals surface area (Å²) in [4.78, 5) is 22.6. The Labute approximate surface area is 211 Å². The third kappa shape index (κ3) is 7.72. The van der Waals surface area contributed by atoms with E-state index in [0.717, 1.165) is 30.8 Å². The van der Waals surface area contributed by atoms with Gasteiger partial charge in [-0.1, -0.05) is 18.2 Å². The van der Waals surface area contributed by atoms with Crippen LogP contribution >= 0.6 is 24.0 Å². The first-order chi connectivity index (χ1) is 15.5. The molecule has 1 saturated heterocycles. The molecule has 0 radical (unpaired) electrons. The smallest absolute Gasteiger partial charge is 0.222 e. The van der Waals surface area contributed by atoms with Gasteiger partial charge in [-0.2, -0.15) is 0 Å². The molecule has 1 aliphatic heterocycles. The molecule has 10 heteroatoms. The van der Waals surface area contributed by atoms with Crippen molar-refractivity contribution in [1.29, 1.82) is 0 Å². The van der Waals surface area contributed by atoms with E-state index >= 15 is 0 Å². The number of ether oxygens (including phenoxy) is 1. The minimum atomic E-state index is -0.387. The topological polar surface area (TPSA) is 105 Å². The van der Waals surface area contributed by atoms with Crippen LogP contribution in [-0.4, -0.2) is 49.6 Å². The Morgan fingerprint density at radius 3 is 2.85 bits per heavy atom. The lowest BCUT2D eigenvalue weighted by Gasteiger charge is -2.33. The van der Waals surface area contributed by atoms with Gasteiger partial charge in [-0.3, -0.25) is 9.79 Å². The summed E-state index contributed by atoms with van der Waals surface area (Å²) in [5.74, 6) is 0.858. The SMILES string of the molecule is CN=C(NCc1cccnc1N1CCCC(C(N)=O)C1)NCC(C)Oc1ccccc1F.I. The third-order valence-electron chi connectivity index (χ3n) is 5.38. The average Bonchev–Trinajstić information content (AvgIpc) is 2.81. The van der Waals surface area contributed by atoms with Gasteiger partial charge in [0.15, 0.2) is 17.5 Å². The van der Waals surface area contributed by atoms with E-state index in [0.29, 0.717) is 25.6 Å². The number of nitrogens with two attached hydrogens (primary N) is 1. The van der Waals surface area contributed by atoms with Crippen molar-refractivity contribution in [3.8, 4) is 5.75 Å². The first-order valence-electron chi connectivity index (χ1n) is 10.8. The second kappa shape index (κ2) is 13.2. The van der Waals surface area contributed by atoms with Gasteiger partial charge in [0.2, 0.25) is 5.91 Å². The lowest BCUT2D eigenvalue weighted by molar-refractivity contribution is -0.122. The second-order valence-corrected chi connectivity index (χ2v) is 7.84. The second-order valence-electron chi connectivity index (χ2n) is 7.84. The Balaban J connectivity index is 0.00000385. The Morgan fingerprint density at radius 2 is 2.12 bits per heavy atom. The Hall–Kier alpha value is -2.63. The first-order valence-corrected chi connectivity index (χ1v) is 10.8. The number of carbonyl (C=O) groups is 1. The number of pyridine rings is 1. The summed E-state index contributed by atoms with van der Waals surface area (Å²) < 4.78 is 19.4. The predicted octanol–water partition coefficient (Wildman–Crippen LogP) is 2.67. The Kier molecular flexibility index (Phi) is 10.6. The predicted molar refractivity (Wildman–Crippen MR) is 138 cm³/mol. The number of primary amides is 1. The van der Waals surface area contributed by atoms with Crippen LogP contribution in [0.1, 0.15) is 25.3 Å². The molecule has 1 amide bonds. The maximum Gasteiger partial charge on any atom is 0.222 e. The van der Waals surface area contributed by atoms with Gasteiger partial charge in [-0.05, 0) is 38.0 Å². The zero-order valence-corrected chi connectivity index (χ0v) is 21.3. The van der Waals surface area contributed by atoms with E-state index in [-0.39, 0.29) is 53.5 Å². The van der Waals surface area contributed by atoms with Gasteiger partial charge in [0.1, 0.15) is 11.9 Å². The highest BCUT2D eigenvalue weighted by molar-refractivity contribution is 14.0. The van der Waals surface area contributed by atoms with Crippen molar-refractivity contribution >= 4 is 41.7 Å². The van der Waals surface area contributed by atoms with Crippen LogP contribution < -0.4 is 26.0 Å². The molecule has 1 fully saturated rings. The molecule has 0 spiro atoms. The monoisotopic (exact) mass is 570 g/mol. The molecule has 2 unspecified atom stereocenters. The van der Waals surface area contributed by atoms with Crippen molar-refractivity contribution in [1.82, 2.24) is 15.6 Å². The van der Waals surface area contributed by atoms with E-state index in [2.05, 4.69) is 25.5 Å². The summed E-state index contributed by atoms with van der Waals surface area (Å²) in [6.07, 6.45) is 3.20. The quantitative estimate of drug-likeness (QED) is 0.256. The van der Waals surface area contributed by atoms with Crippen LogP contribution in [0.25, 0.3) is 0 Å². The molecule has 2 heterocycles. The van der Waals surface area contributed by atoms with Gasteiger partial charge >= 0.3 is 0 Å². The van der Waals surface area contributed by atoms with Crippen molar-refractivity contribution < 1.29 is 13.9 Å². The normalized spacial score (nSPS) is 17.0. The van der Waals surface area contributed by atoms with E-state index in [1.165, 1.54) is 6.07 Å². The van der Waals surface area contributed by atoms with Crippen LogP contribution in [0.2, 0.25) is 0 Å². The standard InChI is InChI=1S/C23H31FN6O2.HI/c1-16(32-20-10-4-3-9-19(20)24)13-28-23(26-2)29-14-17-7-5-11-27-22(17)30-12-6-8-18(15-30)21(25)31;/h3-5,7,9-11,16,18H,6,8,12-15H2,1-2H3,(H2,25,31)(H2,26,28,29);1H. The highest BCUT2D eigenvalue weighted by Crippen LogP contribution is 2.24. The maximum absolute atomic E-state index is 13.8. The minimum Gasteiger partial charge on any atom is -0.486 e.